The fourth-order valence-corrected chi connectivity index (χ4v) is 2.60. The van der Waals surface area contributed by atoms with Gasteiger partial charge in [-0.1, -0.05) is 59.6 Å². The van der Waals surface area contributed by atoms with Gasteiger partial charge in [0.05, 0.1) is 16.1 Å². The molecule has 1 aromatic heterocycles. The molecule has 0 unspecified atom stereocenters. The maximum atomic E-state index is 12.2. The van der Waals surface area contributed by atoms with Crippen LogP contribution in [0, 0.1) is 0 Å². The van der Waals surface area contributed by atoms with Crippen molar-refractivity contribution in [2.24, 2.45) is 0 Å². The third-order valence-corrected chi connectivity index (χ3v) is 4.33. The fourth-order valence-electron chi connectivity index (χ4n) is 2.29. The van der Waals surface area contributed by atoms with Gasteiger partial charge >= 0.3 is 0 Å². The highest BCUT2D eigenvalue weighted by Crippen LogP contribution is 2.25. The largest absolute Gasteiger partial charge is 0.348 e. The maximum Gasteiger partial charge on any atom is 0.244 e. The zero-order valence-corrected chi connectivity index (χ0v) is 14.9. The van der Waals surface area contributed by atoms with Gasteiger partial charge in [0.25, 0.3) is 0 Å². The lowest BCUT2D eigenvalue weighted by atomic mass is 10.1. The van der Waals surface area contributed by atoms with Crippen LogP contribution < -0.4 is 5.32 Å². The van der Waals surface area contributed by atoms with E-state index in [1.165, 1.54) is 4.80 Å². The monoisotopic (exact) mass is 375 g/mol. The molecule has 0 bridgehead atoms. The van der Waals surface area contributed by atoms with E-state index in [0.717, 1.165) is 11.1 Å². The van der Waals surface area contributed by atoms with Gasteiger partial charge in [-0.15, -0.1) is 10.2 Å². The van der Waals surface area contributed by atoms with Gasteiger partial charge in [-0.2, -0.15) is 4.80 Å². The molecule has 0 fully saturated rings. The normalized spacial score (nSPS) is 12.0. The summed E-state index contributed by atoms with van der Waals surface area (Å²) in [5, 5.41) is 15.9. The van der Waals surface area contributed by atoms with Crippen molar-refractivity contribution in [2.75, 3.05) is 0 Å². The zero-order valence-electron chi connectivity index (χ0n) is 13.4. The average Bonchev–Trinajstić information content (AvgIpc) is 3.06. The molecular formula is C17H15Cl2N5O. The molecule has 0 radical (unpaired) electrons. The molecular weight excluding hydrogens is 361 g/mol. The highest BCUT2D eigenvalue weighted by Gasteiger charge is 2.13. The van der Waals surface area contributed by atoms with Crippen molar-refractivity contribution in [3.05, 3.63) is 64.1 Å². The van der Waals surface area contributed by atoms with Crippen LogP contribution in [0.1, 0.15) is 18.5 Å². The summed E-state index contributed by atoms with van der Waals surface area (Å²) < 4.78 is 0. The predicted molar refractivity (Wildman–Crippen MR) is 96.3 cm³/mol. The summed E-state index contributed by atoms with van der Waals surface area (Å²) in [6.07, 6.45) is 0. The molecule has 1 heterocycles. The van der Waals surface area contributed by atoms with Gasteiger partial charge in [-0.25, -0.2) is 0 Å². The number of benzene rings is 2. The Morgan fingerprint density at radius 1 is 1.16 bits per heavy atom. The predicted octanol–water partition coefficient (Wildman–Crippen LogP) is 3.52. The minimum atomic E-state index is -0.226. The van der Waals surface area contributed by atoms with Crippen LogP contribution in [-0.4, -0.2) is 26.1 Å². The number of aromatic nitrogens is 4. The van der Waals surface area contributed by atoms with Crippen LogP contribution >= 0.6 is 23.2 Å². The van der Waals surface area contributed by atoms with Crippen LogP contribution in [0.15, 0.2) is 48.5 Å². The fraction of sp³-hybridized carbons (Fsp3) is 0.176. The van der Waals surface area contributed by atoms with Crippen LogP contribution in [0.3, 0.4) is 0 Å². The van der Waals surface area contributed by atoms with Crippen molar-refractivity contribution in [1.29, 1.82) is 0 Å². The first kappa shape index (κ1) is 17.4. The molecule has 1 atom stereocenters. The second-order valence-corrected chi connectivity index (χ2v) is 6.29. The second kappa shape index (κ2) is 7.63. The lowest BCUT2D eigenvalue weighted by molar-refractivity contribution is -0.122. The van der Waals surface area contributed by atoms with E-state index in [0.29, 0.717) is 15.9 Å². The third-order valence-electron chi connectivity index (χ3n) is 3.59. The van der Waals surface area contributed by atoms with Gasteiger partial charge in [0.2, 0.25) is 11.7 Å². The number of nitrogens with zero attached hydrogens (tertiary/aromatic N) is 4. The number of carbonyl (C=O) groups is 1. The Hall–Kier alpha value is -2.44. The number of amides is 1. The summed E-state index contributed by atoms with van der Waals surface area (Å²) in [5.41, 5.74) is 1.71. The first-order valence-electron chi connectivity index (χ1n) is 7.60. The van der Waals surface area contributed by atoms with Crippen molar-refractivity contribution in [3.8, 4) is 11.4 Å². The van der Waals surface area contributed by atoms with Gasteiger partial charge in [0, 0.05) is 5.56 Å². The molecule has 0 aliphatic rings. The molecule has 0 aliphatic carbocycles. The van der Waals surface area contributed by atoms with Gasteiger partial charge < -0.3 is 5.32 Å². The van der Waals surface area contributed by atoms with E-state index in [1.807, 2.05) is 43.3 Å². The standard InChI is InChI=1S/C17H15Cl2N5O/c1-11(13-7-8-14(18)15(19)9-13)20-16(25)10-24-22-17(21-23-24)12-5-3-2-4-6-12/h2-9,11H,10H2,1H3,(H,20,25)/t11-/m0/s1. The van der Waals surface area contributed by atoms with Crippen molar-refractivity contribution in [3.63, 3.8) is 0 Å². The lowest BCUT2D eigenvalue weighted by Gasteiger charge is -2.14. The summed E-state index contributed by atoms with van der Waals surface area (Å²) in [5.74, 6) is 0.251. The first-order chi connectivity index (χ1) is 12.0. The molecule has 8 heteroatoms. The molecule has 3 rings (SSSR count). The topological polar surface area (TPSA) is 72.7 Å². The number of rotatable bonds is 5. The second-order valence-electron chi connectivity index (χ2n) is 5.47. The van der Waals surface area contributed by atoms with Gasteiger partial charge in [-0.3, -0.25) is 4.79 Å². The summed E-state index contributed by atoms with van der Waals surface area (Å²) in [6.45, 7) is 1.84. The van der Waals surface area contributed by atoms with Crippen molar-refractivity contribution >= 4 is 29.1 Å². The summed E-state index contributed by atoms with van der Waals surface area (Å²) in [6, 6.07) is 14.5. The molecule has 1 N–H and O–H groups in total. The third kappa shape index (κ3) is 4.35. The van der Waals surface area contributed by atoms with Crippen molar-refractivity contribution in [2.45, 2.75) is 19.5 Å². The van der Waals surface area contributed by atoms with E-state index >= 15 is 0 Å². The summed E-state index contributed by atoms with van der Waals surface area (Å²) in [4.78, 5) is 13.5. The van der Waals surface area contributed by atoms with Crippen LogP contribution in [0.25, 0.3) is 11.4 Å². The van der Waals surface area contributed by atoms with Crippen molar-refractivity contribution < 1.29 is 4.79 Å². The molecule has 0 aliphatic heterocycles. The smallest absolute Gasteiger partial charge is 0.244 e. The van der Waals surface area contributed by atoms with Crippen LogP contribution in [0.2, 0.25) is 10.0 Å². The van der Waals surface area contributed by atoms with E-state index in [-0.39, 0.29) is 18.5 Å². The molecule has 128 valence electrons. The molecule has 0 saturated heterocycles. The molecule has 2 aromatic carbocycles. The minimum absolute atomic E-state index is 0.0223. The molecule has 3 aromatic rings. The van der Waals surface area contributed by atoms with Gasteiger partial charge in [-0.05, 0) is 29.8 Å². The average molecular weight is 376 g/mol. The zero-order chi connectivity index (χ0) is 17.8. The van der Waals surface area contributed by atoms with E-state index in [4.69, 9.17) is 23.2 Å². The number of halogens is 2. The Bertz CT molecular complexity index is 882. The van der Waals surface area contributed by atoms with Gasteiger partial charge in [0.1, 0.15) is 6.54 Å². The first-order valence-corrected chi connectivity index (χ1v) is 8.36. The number of hydrogen-bond acceptors (Lipinski definition) is 4. The highest BCUT2D eigenvalue weighted by atomic mass is 35.5. The number of hydrogen-bond donors (Lipinski definition) is 1. The van der Waals surface area contributed by atoms with Crippen LogP contribution in [0.5, 0.6) is 0 Å². The Morgan fingerprint density at radius 2 is 1.92 bits per heavy atom. The lowest BCUT2D eigenvalue weighted by Crippen LogP contribution is -2.30. The van der Waals surface area contributed by atoms with Crippen LogP contribution in [0.4, 0.5) is 0 Å². The Kier molecular flexibility index (Phi) is 5.31. The minimum Gasteiger partial charge on any atom is -0.348 e. The molecule has 0 saturated carbocycles. The SMILES string of the molecule is C[C@H](NC(=O)Cn1nnc(-c2ccccc2)n1)c1ccc(Cl)c(Cl)c1. The highest BCUT2D eigenvalue weighted by molar-refractivity contribution is 6.42. The molecule has 25 heavy (non-hydrogen) atoms. The van der Waals surface area contributed by atoms with E-state index < -0.39 is 0 Å². The van der Waals surface area contributed by atoms with Gasteiger partial charge in [0.15, 0.2) is 0 Å². The summed E-state index contributed by atoms with van der Waals surface area (Å²) in [7, 11) is 0. The number of tetrazole rings is 1. The van der Waals surface area contributed by atoms with Crippen LogP contribution in [-0.2, 0) is 11.3 Å². The Balaban J connectivity index is 1.62. The number of carbonyl (C=O) groups excluding carboxylic acids is 1. The van der Waals surface area contributed by atoms with E-state index in [2.05, 4.69) is 20.7 Å². The summed E-state index contributed by atoms with van der Waals surface area (Å²) >= 11 is 11.9. The Labute approximate surface area is 154 Å². The molecule has 6 nitrogen and oxygen atoms in total. The number of nitrogens with one attached hydrogen (secondary N) is 1. The molecule has 0 spiro atoms. The molecule has 1 amide bonds. The Morgan fingerprint density at radius 3 is 2.64 bits per heavy atom. The van der Waals surface area contributed by atoms with E-state index in [9.17, 15) is 4.79 Å². The maximum absolute atomic E-state index is 12.2. The van der Waals surface area contributed by atoms with E-state index in [1.54, 1.807) is 12.1 Å². The quantitative estimate of drug-likeness (QED) is 0.740. The van der Waals surface area contributed by atoms with Crippen molar-refractivity contribution in [1.82, 2.24) is 25.5 Å².